The number of para-hydroxylation sites is 1. The molecule has 0 unspecified atom stereocenters. The standard InChI is InChI=1S/C15H14N2O2/c18-15-14-13(11-7-3-4-8-12(11)19-14)16-9-17(15)10-5-1-2-6-10/h3-4,7-10H,1-2,5-6H2. The molecule has 4 heteroatoms. The average molecular weight is 254 g/mol. The fraction of sp³-hybridized carbons (Fsp3) is 0.333. The van der Waals surface area contributed by atoms with Crippen molar-refractivity contribution in [3.05, 3.63) is 40.9 Å². The predicted octanol–water partition coefficient (Wildman–Crippen LogP) is 3.26. The molecule has 4 rings (SSSR count). The van der Waals surface area contributed by atoms with Gasteiger partial charge in [0, 0.05) is 11.4 Å². The summed E-state index contributed by atoms with van der Waals surface area (Å²) in [6.07, 6.45) is 6.19. The Kier molecular flexibility index (Phi) is 2.24. The normalized spacial score (nSPS) is 16.6. The summed E-state index contributed by atoms with van der Waals surface area (Å²) in [5, 5.41) is 0.910. The lowest BCUT2D eigenvalue weighted by Gasteiger charge is -2.11. The van der Waals surface area contributed by atoms with Crippen molar-refractivity contribution in [2.75, 3.05) is 0 Å². The van der Waals surface area contributed by atoms with Crippen LogP contribution in [0.5, 0.6) is 0 Å². The first-order valence-corrected chi connectivity index (χ1v) is 6.73. The topological polar surface area (TPSA) is 48.0 Å². The van der Waals surface area contributed by atoms with Crippen LogP contribution in [-0.2, 0) is 0 Å². The quantitative estimate of drug-likeness (QED) is 0.669. The van der Waals surface area contributed by atoms with Crippen LogP contribution in [-0.4, -0.2) is 9.55 Å². The second-order valence-corrected chi connectivity index (χ2v) is 5.17. The Bertz CT molecular complexity index is 810. The van der Waals surface area contributed by atoms with Gasteiger partial charge in [-0.15, -0.1) is 0 Å². The van der Waals surface area contributed by atoms with Gasteiger partial charge in [0.2, 0.25) is 5.58 Å². The summed E-state index contributed by atoms with van der Waals surface area (Å²) in [5.74, 6) is 0. The van der Waals surface area contributed by atoms with Crippen molar-refractivity contribution in [3.8, 4) is 0 Å². The summed E-state index contributed by atoms with van der Waals surface area (Å²) in [6, 6.07) is 7.93. The van der Waals surface area contributed by atoms with E-state index in [-0.39, 0.29) is 11.6 Å². The van der Waals surface area contributed by atoms with Gasteiger partial charge in [0.15, 0.2) is 0 Å². The third-order valence-electron chi connectivity index (χ3n) is 4.03. The molecule has 2 heterocycles. The van der Waals surface area contributed by atoms with Gasteiger partial charge >= 0.3 is 0 Å². The lowest BCUT2D eigenvalue weighted by atomic mass is 10.2. The van der Waals surface area contributed by atoms with Crippen molar-refractivity contribution >= 4 is 22.1 Å². The van der Waals surface area contributed by atoms with Crippen molar-refractivity contribution in [2.45, 2.75) is 31.7 Å². The molecule has 0 atom stereocenters. The fourth-order valence-electron chi connectivity index (χ4n) is 3.04. The number of furan rings is 1. The molecule has 96 valence electrons. The number of aromatic nitrogens is 2. The summed E-state index contributed by atoms with van der Waals surface area (Å²) in [6.45, 7) is 0. The summed E-state index contributed by atoms with van der Waals surface area (Å²) >= 11 is 0. The van der Waals surface area contributed by atoms with Crippen LogP contribution in [0.15, 0.2) is 39.8 Å². The smallest absolute Gasteiger partial charge is 0.297 e. The van der Waals surface area contributed by atoms with E-state index in [0.717, 1.165) is 23.8 Å². The maximum Gasteiger partial charge on any atom is 0.297 e. The van der Waals surface area contributed by atoms with Gasteiger partial charge < -0.3 is 4.42 Å². The maximum atomic E-state index is 12.5. The van der Waals surface area contributed by atoms with Gasteiger partial charge in [-0.25, -0.2) is 4.98 Å². The Morgan fingerprint density at radius 1 is 1.21 bits per heavy atom. The minimum absolute atomic E-state index is 0.0481. The largest absolute Gasteiger partial charge is 0.448 e. The van der Waals surface area contributed by atoms with Gasteiger partial charge in [-0.3, -0.25) is 9.36 Å². The highest BCUT2D eigenvalue weighted by Crippen LogP contribution is 2.29. The zero-order chi connectivity index (χ0) is 12.8. The first-order valence-electron chi connectivity index (χ1n) is 6.73. The zero-order valence-corrected chi connectivity index (χ0v) is 10.5. The monoisotopic (exact) mass is 254 g/mol. The molecule has 1 fully saturated rings. The van der Waals surface area contributed by atoms with Crippen LogP contribution in [0.3, 0.4) is 0 Å². The molecule has 4 nitrogen and oxygen atoms in total. The minimum atomic E-state index is -0.0481. The van der Waals surface area contributed by atoms with E-state index in [4.69, 9.17) is 4.42 Å². The van der Waals surface area contributed by atoms with Gasteiger partial charge in [0.05, 0.1) is 6.33 Å². The molecule has 1 aliphatic rings. The Balaban J connectivity index is 2.02. The molecule has 0 radical (unpaired) electrons. The zero-order valence-electron chi connectivity index (χ0n) is 10.5. The van der Waals surface area contributed by atoms with E-state index in [1.165, 1.54) is 12.8 Å². The molecule has 0 amide bonds. The molecule has 1 aromatic carbocycles. The molecule has 3 aromatic rings. The van der Waals surface area contributed by atoms with Crippen LogP contribution in [0.2, 0.25) is 0 Å². The van der Waals surface area contributed by atoms with Crippen molar-refractivity contribution in [2.24, 2.45) is 0 Å². The molecule has 1 saturated carbocycles. The Morgan fingerprint density at radius 3 is 2.84 bits per heavy atom. The Hall–Kier alpha value is -2.10. The first kappa shape index (κ1) is 10.8. The second kappa shape index (κ2) is 3.95. The Morgan fingerprint density at radius 2 is 2.00 bits per heavy atom. The van der Waals surface area contributed by atoms with E-state index in [1.54, 1.807) is 10.9 Å². The van der Waals surface area contributed by atoms with E-state index >= 15 is 0 Å². The van der Waals surface area contributed by atoms with Crippen LogP contribution in [0, 0.1) is 0 Å². The van der Waals surface area contributed by atoms with Crippen LogP contribution >= 0.6 is 0 Å². The van der Waals surface area contributed by atoms with E-state index in [9.17, 15) is 4.79 Å². The van der Waals surface area contributed by atoms with Crippen molar-refractivity contribution in [1.29, 1.82) is 0 Å². The van der Waals surface area contributed by atoms with E-state index < -0.39 is 0 Å². The predicted molar refractivity (Wildman–Crippen MR) is 73.3 cm³/mol. The molecule has 0 saturated heterocycles. The van der Waals surface area contributed by atoms with Crippen LogP contribution in [0.1, 0.15) is 31.7 Å². The summed E-state index contributed by atoms with van der Waals surface area (Å²) in [4.78, 5) is 17.0. The summed E-state index contributed by atoms with van der Waals surface area (Å²) < 4.78 is 7.44. The highest BCUT2D eigenvalue weighted by Gasteiger charge is 2.21. The van der Waals surface area contributed by atoms with Crippen molar-refractivity contribution in [3.63, 3.8) is 0 Å². The van der Waals surface area contributed by atoms with E-state index in [2.05, 4.69) is 4.98 Å². The van der Waals surface area contributed by atoms with Crippen LogP contribution < -0.4 is 5.56 Å². The van der Waals surface area contributed by atoms with E-state index in [0.29, 0.717) is 11.1 Å². The van der Waals surface area contributed by atoms with Gasteiger partial charge in [0.25, 0.3) is 5.56 Å². The molecule has 19 heavy (non-hydrogen) atoms. The highest BCUT2D eigenvalue weighted by atomic mass is 16.3. The third-order valence-corrected chi connectivity index (χ3v) is 4.03. The highest BCUT2D eigenvalue weighted by molar-refractivity contribution is 6.01. The molecular weight excluding hydrogens is 240 g/mol. The average Bonchev–Trinajstić information content (AvgIpc) is 3.06. The minimum Gasteiger partial charge on any atom is -0.448 e. The number of hydrogen-bond donors (Lipinski definition) is 0. The maximum absolute atomic E-state index is 12.5. The molecule has 1 aliphatic carbocycles. The van der Waals surface area contributed by atoms with Gasteiger partial charge in [0.1, 0.15) is 11.1 Å². The summed E-state index contributed by atoms with van der Waals surface area (Å²) in [5.41, 5.74) is 1.74. The van der Waals surface area contributed by atoms with E-state index in [1.807, 2.05) is 24.3 Å². The van der Waals surface area contributed by atoms with Crippen LogP contribution in [0.25, 0.3) is 22.1 Å². The molecular formula is C15H14N2O2. The number of hydrogen-bond acceptors (Lipinski definition) is 3. The van der Waals surface area contributed by atoms with Gasteiger partial charge in [-0.1, -0.05) is 25.0 Å². The third kappa shape index (κ3) is 1.52. The molecule has 0 N–H and O–H groups in total. The fourth-order valence-corrected chi connectivity index (χ4v) is 3.04. The van der Waals surface area contributed by atoms with Crippen LogP contribution in [0.4, 0.5) is 0 Å². The second-order valence-electron chi connectivity index (χ2n) is 5.17. The number of rotatable bonds is 1. The van der Waals surface area contributed by atoms with Gasteiger partial charge in [-0.05, 0) is 25.0 Å². The molecule has 0 bridgehead atoms. The lowest BCUT2D eigenvalue weighted by Crippen LogP contribution is -2.23. The lowest BCUT2D eigenvalue weighted by molar-refractivity contribution is 0.492. The molecule has 0 spiro atoms. The SMILES string of the molecule is O=c1c2oc3ccccc3c2ncn1C1CCCC1. The molecule has 2 aromatic heterocycles. The Labute approximate surface area is 109 Å². The number of nitrogens with zero attached hydrogens (tertiary/aromatic N) is 2. The number of benzene rings is 1. The van der Waals surface area contributed by atoms with Crippen molar-refractivity contribution < 1.29 is 4.42 Å². The van der Waals surface area contributed by atoms with Crippen molar-refractivity contribution in [1.82, 2.24) is 9.55 Å². The first-order chi connectivity index (χ1) is 9.34. The number of fused-ring (bicyclic) bond motifs is 3. The summed E-state index contributed by atoms with van der Waals surface area (Å²) in [7, 11) is 0. The molecule has 0 aliphatic heterocycles. The van der Waals surface area contributed by atoms with Gasteiger partial charge in [-0.2, -0.15) is 0 Å².